The van der Waals surface area contributed by atoms with Gasteiger partial charge < -0.3 is 0 Å². The smallest absolute Gasteiger partial charge is 0.287 e. The molecule has 0 saturated heterocycles. The molecular weight excluding hydrogens is 186 g/mol. The molecule has 0 aromatic heterocycles. The molecular formula is C6H14FO4P. The quantitative estimate of drug-likeness (QED) is 0.590. The van der Waals surface area contributed by atoms with E-state index in [0.29, 0.717) is 0 Å². The van der Waals surface area contributed by atoms with Crippen molar-refractivity contribution in [3.8, 4) is 0 Å². The fourth-order valence-electron chi connectivity index (χ4n) is 0.574. The second-order valence-corrected chi connectivity index (χ2v) is 3.47. The lowest BCUT2D eigenvalue weighted by Crippen LogP contribution is -2.02. The normalized spacial score (nSPS) is 11.9. The summed E-state index contributed by atoms with van der Waals surface area (Å²) in [6.07, 6.45) is 0. The van der Waals surface area contributed by atoms with Crippen molar-refractivity contribution in [1.82, 2.24) is 0 Å². The van der Waals surface area contributed by atoms with Gasteiger partial charge in [-0.05, 0) is 13.8 Å². The van der Waals surface area contributed by atoms with Crippen molar-refractivity contribution in [3.05, 3.63) is 0 Å². The summed E-state index contributed by atoms with van der Waals surface area (Å²) in [7, 11) is -3.48. The first-order valence-corrected chi connectivity index (χ1v) is 5.24. The summed E-state index contributed by atoms with van der Waals surface area (Å²) >= 11 is 0. The first-order valence-electron chi connectivity index (χ1n) is 3.78. The van der Waals surface area contributed by atoms with Gasteiger partial charge in [-0.1, -0.05) is 0 Å². The highest BCUT2D eigenvalue weighted by molar-refractivity contribution is 7.48. The van der Waals surface area contributed by atoms with Gasteiger partial charge in [0.05, 0.1) is 19.8 Å². The fraction of sp³-hybridized carbons (Fsp3) is 1.00. The predicted octanol–water partition coefficient (Wildman–Crippen LogP) is 2.15. The van der Waals surface area contributed by atoms with Crippen LogP contribution in [0.1, 0.15) is 13.8 Å². The summed E-state index contributed by atoms with van der Waals surface area (Å²) in [4.78, 5) is 0. The molecule has 4 nitrogen and oxygen atoms in total. The zero-order valence-corrected chi connectivity index (χ0v) is 8.18. The zero-order chi connectivity index (χ0) is 9.45. The van der Waals surface area contributed by atoms with Gasteiger partial charge in [0, 0.05) is 0 Å². The van der Waals surface area contributed by atoms with Crippen molar-refractivity contribution in [2.24, 2.45) is 0 Å². The molecule has 0 saturated carbocycles. The van der Waals surface area contributed by atoms with Crippen LogP contribution in [0.3, 0.4) is 0 Å². The largest absolute Gasteiger partial charge is 0.474 e. The molecule has 0 aliphatic rings. The Balaban J connectivity index is 3.90. The minimum atomic E-state index is -3.48. The van der Waals surface area contributed by atoms with Gasteiger partial charge in [0.1, 0.15) is 6.67 Å². The molecule has 0 atom stereocenters. The van der Waals surface area contributed by atoms with Crippen LogP contribution in [0.15, 0.2) is 0 Å². The lowest BCUT2D eigenvalue weighted by atomic mass is 10.9. The van der Waals surface area contributed by atoms with Crippen LogP contribution in [0.25, 0.3) is 0 Å². The molecule has 0 aromatic carbocycles. The molecule has 0 heterocycles. The van der Waals surface area contributed by atoms with Gasteiger partial charge in [0.2, 0.25) is 0 Å². The van der Waals surface area contributed by atoms with E-state index in [4.69, 9.17) is 9.05 Å². The zero-order valence-electron chi connectivity index (χ0n) is 7.29. The van der Waals surface area contributed by atoms with Crippen molar-refractivity contribution >= 4 is 7.82 Å². The van der Waals surface area contributed by atoms with Gasteiger partial charge in [0.25, 0.3) is 0 Å². The standard InChI is InChI=1S/C6H14FO4P/c1-3-9-12(8,10-4-2)11-6-5-7/h3-6H2,1-2H3. The van der Waals surface area contributed by atoms with Crippen LogP contribution >= 0.6 is 7.82 Å². The Morgan fingerprint density at radius 2 is 1.67 bits per heavy atom. The second kappa shape index (κ2) is 6.54. The number of rotatable bonds is 7. The second-order valence-electron chi connectivity index (χ2n) is 1.80. The molecule has 0 aliphatic carbocycles. The molecule has 0 fully saturated rings. The maximum absolute atomic E-state index is 11.6. The maximum Gasteiger partial charge on any atom is 0.474 e. The number of phosphoric acid groups is 1. The minimum Gasteiger partial charge on any atom is -0.287 e. The first kappa shape index (κ1) is 12.0. The Bertz CT molecular complexity index is 142. The molecule has 0 aromatic rings. The predicted molar refractivity (Wildman–Crippen MR) is 42.8 cm³/mol. The molecule has 74 valence electrons. The van der Waals surface area contributed by atoms with Gasteiger partial charge in [0.15, 0.2) is 0 Å². The number of hydrogen-bond acceptors (Lipinski definition) is 4. The molecule has 0 rings (SSSR count). The van der Waals surface area contributed by atoms with Gasteiger partial charge in [-0.3, -0.25) is 13.6 Å². The number of halogens is 1. The van der Waals surface area contributed by atoms with E-state index < -0.39 is 14.5 Å². The average Bonchev–Trinajstić information content (AvgIpc) is 2.02. The van der Waals surface area contributed by atoms with Gasteiger partial charge in [-0.15, -0.1) is 0 Å². The summed E-state index contributed by atoms with van der Waals surface area (Å²) < 4.78 is 37.0. The van der Waals surface area contributed by atoms with E-state index in [1.54, 1.807) is 13.8 Å². The van der Waals surface area contributed by atoms with E-state index in [9.17, 15) is 8.96 Å². The number of hydrogen-bond donors (Lipinski definition) is 0. The third kappa shape index (κ3) is 4.83. The Labute approximate surface area is 71.6 Å². The van der Waals surface area contributed by atoms with Crippen LogP contribution < -0.4 is 0 Å². The van der Waals surface area contributed by atoms with Gasteiger partial charge >= 0.3 is 7.82 Å². The summed E-state index contributed by atoms with van der Waals surface area (Å²) in [6.45, 7) is 2.77. The molecule has 0 bridgehead atoms. The van der Waals surface area contributed by atoms with Crippen molar-refractivity contribution in [2.45, 2.75) is 13.8 Å². The van der Waals surface area contributed by atoms with E-state index in [1.165, 1.54) is 0 Å². The van der Waals surface area contributed by atoms with Crippen LogP contribution in [0.5, 0.6) is 0 Å². The third-order valence-electron chi connectivity index (χ3n) is 0.901. The Morgan fingerprint density at radius 1 is 1.17 bits per heavy atom. The lowest BCUT2D eigenvalue weighted by Gasteiger charge is -2.14. The average molecular weight is 200 g/mol. The Hall–Kier alpha value is 0.0400. The summed E-state index contributed by atoms with van der Waals surface area (Å²) in [6, 6.07) is 0. The van der Waals surface area contributed by atoms with Crippen molar-refractivity contribution in [3.63, 3.8) is 0 Å². The van der Waals surface area contributed by atoms with E-state index in [0.717, 1.165) is 0 Å². The van der Waals surface area contributed by atoms with Gasteiger partial charge in [-0.2, -0.15) is 0 Å². The Kier molecular flexibility index (Phi) is 6.57. The van der Waals surface area contributed by atoms with Crippen molar-refractivity contribution < 1.29 is 22.5 Å². The van der Waals surface area contributed by atoms with Gasteiger partial charge in [-0.25, -0.2) is 8.96 Å². The van der Waals surface area contributed by atoms with Crippen molar-refractivity contribution in [1.29, 1.82) is 0 Å². The lowest BCUT2D eigenvalue weighted by molar-refractivity contribution is 0.115. The van der Waals surface area contributed by atoms with E-state index in [-0.39, 0.29) is 19.8 Å². The highest BCUT2D eigenvalue weighted by Crippen LogP contribution is 2.48. The van der Waals surface area contributed by atoms with E-state index in [1.807, 2.05) is 0 Å². The fourth-order valence-corrected chi connectivity index (χ4v) is 1.72. The van der Waals surface area contributed by atoms with Crippen LogP contribution in [0.4, 0.5) is 4.39 Å². The summed E-state index contributed by atoms with van der Waals surface area (Å²) in [5.74, 6) is 0. The third-order valence-corrected chi connectivity index (χ3v) is 2.55. The molecule has 0 amide bonds. The highest BCUT2D eigenvalue weighted by Gasteiger charge is 2.24. The molecule has 12 heavy (non-hydrogen) atoms. The van der Waals surface area contributed by atoms with E-state index in [2.05, 4.69) is 4.52 Å². The van der Waals surface area contributed by atoms with Crippen LogP contribution in [-0.2, 0) is 18.1 Å². The molecule has 0 radical (unpaired) electrons. The maximum atomic E-state index is 11.6. The molecule has 6 heteroatoms. The first-order chi connectivity index (χ1) is 5.68. The molecule has 0 aliphatic heterocycles. The van der Waals surface area contributed by atoms with Crippen LogP contribution in [-0.4, -0.2) is 26.5 Å². The molecule has 0 N–H and O–H groups in total. The topological polar surface area (TPSA) is 44.8 Å². The van der Waals surface area contributed by atoms with Crippen molar-refractivity contribution in [2.75, 3.05) is 26.5 Å². The monoisotopic (exact) mass is 200 g/mol. The molecule has 0 spiro atoms. The summed E-state index contributed by atoms with van der Waals surface area (Å²) in [5.41, 5.74) is 0. The SMILES string of the molecule is CCOP(=O)(OCC)OCCF. The van der Waals surface area contributed by atoms with Crippen LogP contribution in [0, 0.1) is 0 Å². The number of alkyl halides is 1. The minimum absolute atomic E-state index is 0.212. The van der Waals surface area contributed by atoms with Crippen LogP contribution in [0.2, 0.25) is 0 Å². The highest BCUT2D eigenvalue weighted by atomic mass is 31.2. The van der Waals surface area contributed by atoms with E-state index >= 15 is 0 Å². The molecule has 0 unspecified atom stereocenters. The summed E-state index contributed by atoms with van der Waals surface area (Å²) in [5, 5.41) is 0. The Morgan fingerprint density at radius 3 is 2.00 bits per heavy atom. The number of phosphoric ester groups is 1.